The quantitative estimate of drug-likeness (QED) is 0.438. The van der Waals surface area contributed by atoms with Crippen molar-refractivity contribution in [3.63, 3.8) is 0 Å². The van der Waals surface area contributed by atoms with Crippen LogP contribution < -0.4 is 4.74 Å². The molecule has 22 heavy (non-hydrogen) atoms. The SMILES string of the molecule is CCOC(=O)c1cc(CBr)c(C(F)(F)F)c(OC(F)(F)F)n1. The summed E-state index contributed by atoms with van der Waals surface area (Å²) in [6.07, 6.45) is -10.5. The van der Waals surface area contributed by atoms with E-state index in [9.17, 15) is 31.1 Å². The normalized spacial score (nSPS) is 12.2. The Labute approximate surface area is 128 Å². The molecule has 1 aromatic heterocycles. The van der Waals surface area contributed by atoms with Gasteiger partial charge >= 0.3 is 18.5 Å². The molecule has 0 aliphatic heterocycles. The van der Waals surface area contributed by atoms with Gasteiger partial charge in [-0.2, -0.15) is 13.2 Å². The summed E-state index contributed by atoms with van der Waals surface area (Å²) in [5.41, 5.74) is -3.07. The maximum absolute atomic E-state index is 12.9. The number of hydrogen-bond acceptors (Lipinski definition) is 4. The summed E-state index contributed by atoms with van der Waals surface area (Å²) in [4.78, 5) is 14.5. The molecular formula is C11H8BrF6NO3. The molecule has 0 aliphatic carbocycles. The number of pyridine rings is 1. The van der Waals surface area contributed by atoms with Crippen molar-refractivity contribution in [3.05, 3.63) is 22.9 Å². The molecule has 0 aliphatic rings. The van der Waals surface area contributed by atoms with Crippen LogP contribution >= 0.6 is 15.9 Å². The van der Waals surface area contributed by atoms with Gasteiger partial charge in [0.15, 0.2) is 5.69 Å². The highest BCUT2D eigenvalue weighted by molar-refractivity contribution is 9.08. The van der Waals surface area contributed by atoms with Crippen LogP contribution in [0.5, 0.6) is 5.88 Å². The summed E-state index contributed by atoms with van der Waals surface area (Å²) in [6, 6.07) is 0.693. The van der Waals surface area contributed by atoms with Gasteiger partial charge in [-0.15, -0.1) is 13.2 Å². The third-order valence-corrected chi connectivity index (χ3v) is 2.80. The van der Waals surface area contributed by atoms with Gasteiger partial charge in [-0.3, -0.25) is 0 Å². The van der Waals surface area contributed by atoms with E-state index in [2.05, 4.69) is 30.4 Å². The van der Waals surface area contributed by atoms with E-state index in [1.165, 1.54) is 6.92 Å². The van der Waals surface area contributed by atoms with E-state index in [1.807, 2.05) is 0 Å². The van der Waals surface area contributed by atoms with E-state index < -0.39 is 46.5 Å². The molecule has 1 heterocycles. The molecule has 0 amide bonds. The molecule has 0 bridgehead atoms. The van der Waals surface area contributed by atoms with Crippen LogP contribution in [0, 0.1) is 0 Å². The molecule has 0 radical (unpaired) electrons. The summed E-state index contributed by atoms with van der Waals surface area (Å²) in [5, 5.41) is -0.467. The molecule has 0 aromatic carbocycles. The molecule has 0 saturated carbocycles. The minimum atomic E-state index is -5.40. The zero-order chi connectivity index (χ0) is 17.1. The first kappa shape index (κ1) is 18.5. The maximum Gasteiger partial charge on any atom is 0.574 e. The second kappa shape index (κ2) is 6.71. The Morgan fingerprint density at radius 3 is 2.27 bits per heavy atom. The smallest absolute Gasteiger partial charge is 0.461 e. The molecule has 1 aromatic rings. The van der Waals surface area contributed by atoms with Crippen molar-refractivity contribution in [3.8, 4) is 5.88 Å². The Hall–Kier alpha value is -1.52. The molecule has 1 rings (SSSR count). The zero-order valence-corrected chi connectivity index (χ0v) is 12.4. The van der Waals surface area contributed by atoms with Crippen molar-refractivity contribution in [2.24, 2.45) is 0 Å². The first-order chi connectivity index (χ1) is 9.99. The van der Waals surface area contributed by atoms with E-state index >= 15 is 0 Å². The lowest BCUT2D eigenvalue weighted by Gasteiger charge is -2.18. The molecule has 11 heteroatoms. The van der Waals surface area contributed by atoms with Crippen LogP contribution in [0.3, 0.4) is 0 Å². The van der Waals surface area contributed by atoms with Crippen LogP contribution in [0.4, 0.5) is 26.3 Å². The van der Waals surface area contributed by atoms with Gasteiger partial charge < -0.3 is 9.47 Å². The number of carbonyl (C=O) groups excluding carboxylic acids is 1. The van der Waals surface area contributed by atoms with Crippen molar-refractivity contribution in [1.29, 1.82) is 0 Å². The first-order valence-electron chi connectivity index (χ1n) is 5.59. The number of nitrogens with zero attached hydrogens (tertiary/aromatic N) is 1. The van der Waals surface area contributed by atoms with E-state index in [1.54, 1.807) is 0 Å². The van der Waals surface area contributed by atoms with Crippen LogP contribution in [-0.4, -0.2) is 23.9 Å². The molecular weight excluding hydrogens is 388 g/mol. The Bertz CT molecular complexity index is 558. The second-order valence-electron chi connectivity index (χ2n) is 3.75. The minimum Gasteiger partial charge on any atom is -0.461 e. The number of halogens is 7. The number of hydrogen-bond donors (Lipinski definition) is 0. The third kappa shape index (κ3) is 4.75. The standard InChI is InChI=1S/C11H8BrF6NO3/c1-2-21-9(20)6-3-5(4-12)7(10(13,14)15)8(19-6)22-11(16,17)18/h3H,2,4H2,1H3. The van der Waals surface area contributed by atoms with Gasteiger partial charge in [0.2, 0.25) is 5.88 Å². The van der Waals surface area contributed by atoms with Gasteiger partial charge in [0, 0.05) is 5.33 Å². The van der Waals surface area contributed by atoms with E-state index in [4.69, 9.17) is 0 Å². The maximum atomic E-state index is 12.9. The average Bonchev–Trinajstić information content (AvgIpc) is 2.34. The van der Waals surface area contributed by atoms with Crippen LogP contribution in [0.2, 0.25) is 0 Å². The first-order valence-corrected chi connectivity index (χ1v) is 6.71. The molecule has 0 saturated heterocycles. The van der Waals surface area contributed by atoms with Crippen LogP contribution in [0.15, 0.2) is 6.07 Å². The van der Waals surface area contributed by atoms with Crippen molar-refractivity contribution < 1.29 is 40.6 Å². The molecule has 0 fully saturated rings. The van der Waals surface area contributed by atoms with E-state index in [0.29, 0.717) is 6.07 Å². The molecule has 124 valence electrons. The fraction of sp³-hybridized carbons (Fsp3) is 0.455. The molecule has 4 nitrogen and oxygen atoms in total. The van der Waals surface area contributed by atoms with Crippen LogP contribution in [0.25, 0.3) is 0 Å². The Morgan fingerprint density at radius 1 is 1.27 bits per heavy atom. The number of esters is 1. The van der Waals surface area contributed by atoms with Crippen molar-refractivity contribution in [2.75, 3.05) is 6.61 Å². The Balaban J connectivity index is 3.52. The highest BCUT2D eigenvalue weighted by Gasteiger charge is 2.43. The number of aromatic nitrogens is 1. The second-order valence-corrected chi connectivity index (χ2v) is 4.31. The van der Waals surface area contributed by atoms with E-state index in [0.717, 1.165) is 0 Å². The van der Waals surface area contributed by atoms with Crippen molar-refractivity contribution >= 4 is 21.9 Å². The lowest BCUT2D eigenvalue weighted by Crippen LogP contribution is -2.23. The Kier molecular flexibility index (Phi) is 5.65. The van der Waals surface area contributed by atoms with Crippen LogP contribution in [0.1, 0.15) is 28.5 Å². The number of alkyl halides is 7. The largest absolute Gasteiger partial charge is 0.574 e. The number of rotatable bonds is 4. The van der Waals surface area contributed by atoms with Crippen molar-refractivity contribution in [1.82, 2.24) is 4.98 Å². The lowest BCUT2D eigenvalue weighted by atomic mass is 10.1. The van der Waals surface area contributed by atoms with Crippen LogP contribution in [-0.2, 0) is 16.2 Å². The highest BCUT2D eigenvalue weighted by Crippen LogP contribution is 2.40. The minimum absolute atomic E-state index is 0.124. The summed E-state index contributed by atoms with van der Waals surface area (Å²) < 4.78 is 83.4. The predicted octanol–water partition coefficient (Wildman–Crippen LogP) is 4.07. The summed E-state index contributed by atoms with van der Waals surface area (Å²) in [6.45, 7) is 1.29. The number of carbonyl (C=O) groups is 1. The van der Waals surface area contributed by atoms with Crippen molar-refractivity contribution in [2.45, 2.75) is 24.8 Å². The predicted molar refractivity (Wildman–Crippen MR) is 64.5 cm³/mol. The third-order valence-electron chi connectivity index (χ3n) is 2.19. The van der Waals surface area contributed by atoms with Gasteiger partial charge in [-0.25, -0.2) is 9.78 Å². The molecule has 0 atom stereocenters. The molecule has 0 spiro atoms. The monoisotopic (exact) mass is 395 g/mol. The topological polar surface area (TPSA) is 48.4 Å². The average molecular weight is 396 g/mol. The number of ether oxygens (including phenoxy) is 2. The van der Waals surface area contributed by atoms with Gasteiger partial charge in [-0.1, -0.05) is 15.9 Å². The van der Waals surface area contributed by atoms with Gasteiger partial charge in [0.25, 0.3) is 0 Å². The lowest BCUT2D eigenvalue weighted by molar-refractivity contribution is -0.278. The Morgan fingerprint density at radius 2 is 1.86 bits per heavy atom. The van der Waals surface area contributed by atoms with E-state index in [-0.39, 0.29) is 6.61 Å². The fourth-order valence-corrected chi connectivity index (χ4v) is 1.92. The summed E-state index contributed by atoms with van der Waals surface area (Å²) >= 11 is 2.72. The van der Waals surface area contributed by atoms with Gasteiger partial charge in [-0.05, 0) is 18.6 Å². The summed E-state index contributed by atoms with van der Waals surface area (Å²) in [7, 11) is 0. The highest BCUT2D eigenvalue weighted by atomic mass is 79.9. The zero-order valence-electron chi connectivity index (χ0n) is 10.8. The fourth-order valence-electron chi connectivity index (χ4n) is 1.47. The molecule has 0 unspecified atom stereocenters. The molecule has 0 N–H and O–H groups in total. The van der Waals surface area contributed by atoms with Gasteiger partial charge in [0.1, 0.15) is 5.56 Å². The summed E-state index contributed by atoms with van der Waals surface area (Å²) in [5.74, 6) is -2.91. The van der Waals surface area contributed by atoms with Gasteiger partial charge in [0.05, 0.1) is 6.61 Å².